The van der Waals surface area contributed by atoms with E-state index in [0.717, 1.165) is 5.92 Å². The molecule has 2 unspecified atom stereocenters. The van der Waals surface area contributed by atoms with Crippen molar-refractivity contribution < 1.29 is 4.79 Å². The van der Waals surface area contributed by atoms with Gasteiger partial charge in [0.15, 0.2) is 0 Å². The van der Waals surface area contributed by atoms with Crippen LogP contribution >= 0.6 is 0 Å². The van der Waals surface area contributed by atoms with Gasteiger partial charge in [-0.15, -0.1) is 0 Å². The second kappa shape index (κ2) is 1.32. The minimum atomic E-state index is 0.281. The summed E-state index contributed by atoms with van der Waals surface area (Å²) in [7, 11) is 0. The second-order valence-corrected chi connectivity index (χ2v) is 4.23. The summed E-state index contributed by atoms with van der Waals surface area (Å²) >= 11 is 0. The minimum absolute atomic E-state index is 0.281. The van der Waals surface area contributed by atoms with Crippen molar-refractivity contribution in [2.24, 2.45) is 17.3 Å². The van der Waals surface area contributed by atoms with Crippen LogP contribution in [-0.4, -0.2) is 5.78 Å². The molecule has 3 aliphatic rings. The highest BCUT2D eigenvalue weighted by molar-refractivity contribution is 5.92. The van der Waals surface area contributed by atoms with E-state index >= 15 is 0 Å². The fourth-order valence-corrected chi connectivity index (χ4v) is 3.12. The van der Waals surface area contributed by atoms with Crippen LogP contribution < -0.4 is 0 Å². The van der Waals surface area contributed by atoms with Crippen LogP contribution in [0.3, 0.4) is 0 Å². The molecule has 0 aromatic heterocycles. The molecule has 0 N–H and O–H groups in total. The third kappa shape index (κ3) is 0.388. The lowest BCUT2D eigenvalue weighted by atomic mass is 9.85. The molecule has 0 amide bonds. The lowest BCUT2D eigenvalue weighted by Crippen LogP contribution is -2.22. The Balaban J connectivity index is 2.06. The van der Waals surface area contributed by atoms with Gasteiger partial charge in [0.05, 0.1) is 0 Å². The molecular weight excluding hydrogens is 124 g/mol. The van der Waals surface area contributed by atoms with Crippen molar-refractivity contribution in [3.63, 3.8) is 0 Å². The van der Waals surface area contributed by atoms with Gasteiger partial charge in [0.2, 0.25) is 0 Å². The Kier molecular flexibility index (Phi) is 0.704. The Morgan fingerprint density at radius 3 is 2.50 bits per heavy atom. The lowest BCUT2D eigenvalue weighted by molar-refractivity contribution is -0.127. The van der Waals surface area contributed by atoms with Crippen molar-refractivity contribution in [3.05, 3.63) is 0 Å². The monoisotopic (exact) mass is 136 g/mol. The number of Topliss-reactive ketones (excluding diaryl/α,β-unsaturated/α-hetero) is 1. The van der Waals surface area contributed by atoms with Gasteiger partial charge in [-0.2, -0.15) is 0 Å². The van der Waals surface area contributed by atoms with Gasteiger partial charge in [0, 0.05) is 11.3 Å². The predicted octanol–water partition coefficient (Wildman–Crippen LogP) is 1.77. The maximum atomic E-state index is 11.6. The summed E-state index contributed by atoms with van der Waals surface area (Å²) in [5, 5.41) is 0. The Labute approximate surface area is 60.8 Å². The van der Waals surface area contributed by atoms with Gasteiger partial charge in [-0.25, -0.2) is 0 Å². The van der Waals surface area contributed by atoms with E-state index in [-0.39, 0.29) is 5.41 Å². The van der Waals surface area contributed by atoms with Crippen molar-refractivity contribution >= 4 is 5.78 Å². The van der Waals surface area contributed by atoms with Gasteiger partial charge in [-0.3, -0.25) is 4.79 Å². The van der Waals surface area contributed by atoms with Gasteiger partial charge >= 0.3 is 0 Å². The molecule has 3 rings (SSSR count). The fraction of sp³-hybridized carbons (Fsp3) is 0.889. The first kappa shape index (κ1) is 5.34. The van der Waals surface area contributed by atoms with Crippen LogP contribution in [0.4, 0.5) is 0 Å². The van der Waals surface area contributed by atoms with Gasteiger partial charge in [0.25, 0.3) is 0 Å². The van der Waals surface area contributed by atoms with Gasteiger partial charge in [-0.1, -0.05) is 0 Å². The van der Waals surface area contributed by atoms with E-state index in [4.69, 9.17) is 0 Å². The molecule has 2 bridgehead atoms. The van der Waals surface area contributed by atoms with E-state index in [9.17, 15) is 4.79 Å². The molecule has 1 heteroatoms. The first-order valence-electron chi connectivity index (χ1n) is 4.37. The molecule has 0 aromatic rings. The van der Waals surface area contributed by atoms with Crippen molar-refractivity contribution in [2.75, 3.05) is 0 Å². The Bertz CT molecular complexity index is 203. The maximum Gasteiger partial charge on any atom is 0.142 e. The van der Waals surface area contributed by atoms with Gasteiger partial charge in [-0.05, 0) is 38.0 Å². The summed E-state index contributed by atoms with van der Waals surface area (Å²) in [6.45, 7) is 0. The first-order chi connectivity index (χ1) is 4.83. The van der Waals surface area contributed by atoms with Crippen LogP contribution in [0.15, 0.2) is 0 Å². The quantitative estimate of drug-likeness (QED) is 0.496. The molecule has 3 fully saturated rings. The zero-order chi connectivity index (χ0) is 6.77. The number of hydrogen-bond acceptors (Lipinski definition) is 1. The van der Waals surface area contributed by atoms with Crippen LogP contribution in [0.5, 0.6) is 0 Å². The number of fused-ring (bicyclic) bond motifs is 3. The first-order valence-corrected chi connectivity index (χ1v) is 4.37. The van der Waals surface area contributed by atoms with Crippen molar-refractivity contribution in [2.45, 2.75) is 32.1 Å². The third-order valence-corrected chi connectivity index (χ3v) is 3.86. The number of hydrogen-bond donors (Lipinski definition) is 0. The summed E-state index contributed by atoms with van der Waals surface area (Å²) in [5.74, 6) is 1.97. The van der Waals surface area contributed by atoms with Crippen LogP contribution in [-0.2, 0) is 4.79 Å². The normalized spacial score (nSPS) is 47.0. The number of carbonyl (C=O) groups is 1. The summed E-state index contributed by atoms with van der Waals surface area (Å²) in [6, 6.07) is 0. The fourth-order valence-electron chi connectivity index (χ4n) is 3.12. The maximum absolute atomic E-state index is 11.6. The van der Waals surface area contributed by atoms with E-state index in [0.29, 0.717) is 11.7 Å². The standard InChI is InChI=1S/C9H12O/c10-8-6-1-2-7(5-6)9(8)3-4-9/h6-7H,1-5H2. The molecular formula is C9H12O. The summed E-state index contributed by atoms with van der Waals surface area (Å²) in [4.78, 5) is 11.6. The molecule has 3 saturated carbocycles. The van der Waals surface area contributed by atoms with Crippen LogP contribution in [0.1, 0.15) is 32.1 Å². The summed E-state index contributed by atoms with van der Waals surface area (Å²) < 4.78 is 0. The molecule has 1 spiro atoms. The predicted molar refractivity (Wildman–Crippen MR) is 37.5 cm³/mol. The third-order valence-electron chi connectivity index (χ3n) is 3.86. The van der Waals surface area contributed by atoms with Crippen molar-refractivity contribution in [1.29, 1.82) is 0 Å². The van der Waals surface area contributed by atoms with Crippen LogP contribution in [0, 0.1) is 17.3 Å². The molecule has 10 heavy (non-hydrogen) atoms. The average Bonchev–Trinajstić information content (AvgIpc) is 2.51. The zero-order valence-electron chi connectivity index (χ0n) is 6.10. The molecule has 1 nitrogen and oxygen atoms in total. The van der Waals surface area contributed by atoms with Crippen molar-refractivity contribution in [1.82, 2.24) is 0 Å². The number of rotatable bonds is 0. The molecule has 0 saturated heterocycles. The van der Waals surface area contributed by atoms with E-state index in [2.05, 4.69) is 0 Å². The highest BCUT2D eigenvalue weighted by atomic mass is 16.1. The highest BCUT2D eigenvalue weighted by Crippen LogP contribution is 2.66. The average molecular weight is 136 g/mol. The van der Waals surface area contributed by atoms with E-state index in [1.807, 2.05) is 0 Å². The highest BCUT2D eigenvalue weighted by Gasteiger charge is 2.64. The van der Waals surface area contributed by atoms with E-state index in [1.54, 1.807) is 0 Å². The smallest absolute Gasteiger partial charge is 0.142 e. The molecule has 0 aromatic carbocycles. The molecule has 3 aliphatic carbocycles. The lowest BCUT2D eigenvalue weighted by Gasteiger charge is -2.18. The Hall–Kier alpha value is -0.330. The molecule has 2 atom stereocenters. The molecule has 54 valence electrons. The van der Waals surface area contributed by atoms with Crippen LogP contribution in [0.25, 0.3) is 0 Å². The van der Waals surface area contributed by atoms with Crippen LogP contribution in [0.2, 0.25) is 0 Å². The van der Waals surface area contributed by atoms with Crippen molar-refractivity contribution in [3.8, 4) is 0 Å². The second-order valence-electron chi connectivity index (χ2n) is 4.23. The molecule has 0 heterocycles. The SMILES string of the molecule is O=C1C2CCC(C2)C12CC2. The van der Waals surface area contributed by atoms with E-state index < -0.39 is 0 Å². The number of ketones is 1. The summed E-state index contributed by atoms with van der Waals surface area (Å²) in [6.07, 6.45) is 6.28. The molecule has 0 aliphatic heterocycles. The topological polar surface area (TPSA) is 17.1 Å². The Morgan fingerprint density at radius 1 is 1.30 bits per heavy atom. The Morgan fingerprint density at radius 2 is 2.10 bits per heavy atom. The van der Waals surface area contributed by atoms with Gasteiger partial charge < -0.3 is 0 Å². The summed E-state index contributed by atoms with van der Waals surface area (Å²) in [5.41, 5.74) is 0.281. The number of carbonyl (C=O) groups excluding carboxylic acids is 1. The zero-order valence-corrected chi connectivity index (χ0v) is 6.10. The molecule has 0 radical (unpaired) electrons. The van der Waals surface area contributed by atoms with Gasteiger partial charge in [0.1, 0.15) is 5.78 Å². The largest absolute Gasteiger partial charge is 0.299 e. The minimum Gasteiger partial charge on any atom is -0.299 e. The van der Waals surface area contributed by atoms with E-state index in [1.165, 1.54) is 32.1 Å².